The van der Waals surface area contributed by atoms with Crippen LogP contribution in [0.1, 0.15) is 29.9 Å². The number of amides is 2. The molecule has 1 unspecified atom stereocenters. The van der Waals surface area contributed by atoms with Gasteiger partial charge in [0.1, 0.15) is 19.2 Å². The van der Waals surface area contributed by atoms with Crippen molar-refractivity contribution in [2.75, 3.05) is 26.3 Å². The van der Waals surface area contributed by atoms with Crippen molar-refractivity contribution >= 4 is 18.0 Å². The Morgan fingerprint density at radius 3 is 2.11 bits per heavy atom. The summed E-state index contributed by atoms with van der Waals surface area (Å²) in [4.78, 5) is 36.5. The SMILES string of the molecule is O=C(O)CCC(NC(=O)OCC1c2ccccc2-c2ccccc21)C(=O)N(CCO)CC(F)(F)F. The highest BCUT2D eigenvalue weighted by atomic mass is 19.4. The van der Waals surface area contributed by atoms with E-state index in [4.69, 9.17) is 14.9 Å². The first-order valence-corrected chi connectivity index (χ1v) is 10.9. The zero-order valence-electron chi connectivity index (χ0n) is 18.6. The zero-order chi connectivity index (χ0) is 25.6. The zero-order valence-corrected chi connectivity index (χ0v) is 18.6. The van der Waals surface area contributed by atoms with Crippen molar-refractivity contribution in [1.82, 2.24) is 10.2 Å². The van der Waals surface area contributed by atoms with E-state index in [2.05, 4.69) is 5.32 Å². The first kappa shape index (κ1) is 26.0. The molecule has 0 saturated carbocycles. The summed E-state index contributed by atoms with van der Waals surface area (Å²) in [7, 11) is 0. The molecule has 0 fully saturated rings. The molecule has 0 heterocycles. The fourth-order valence-corrected chi connectivity index (χ4v) is 4.13. The van der Waals surface area contributed by atoms with Gasteiger partial charge in [0.2, 0.25) is 5.91 Å². The summed E-state index contributed by atoms with van der Waals surface area (Å²) in [6, 6.07) is 13.6. The third-order valence-electron chi connectivity index (χ3n) is 5.63. The maximum atomic E-state index is 12.9. The third kappa shape index (κ3) is 6.72. The normalized spacial score (nSPS) is 13.5. The van der Waals surface area contributed by atoms with E-state index in [0.29, 0.717) is 4.90 Å². The van der Waals surface area contributed by atoms with Crippen LogP contribution in [-0.4, -0.2) is 71.6 Å². The number of aliphatic carboxylic acids is 1. The fraction of sp³-hybridized carbons (Fsp3) is 0.375. The van der Waals surface area contributed by atoms with Crippen LogP contribution in [0.5, 0.6) is 0 Å². The number of ether oxygens (including phenoxy) is 1. The van der Waals surface area contributed by atoms with Gasteiger partial charge >= 0.3 is 18.2 Å². The lowest BCUT2D eigenvalue weighted by Crippen LogP contribution is -2.52. The van der Waals surface area contributed by atoms with E-state index in [0.717, 1.165) is 22.3 Å². The number of rotatable bonds is 10. The van der Waals surface area contributed by atoms with Crippen LogP contribution in [0.2, 0.25) is 0 Å². The number of carbonyl (C=O) groups excluding carboxylic acids is 2. The first-order valence-electron chi connectivity index (χ1n) is 10.9. The molecule has 2 amide bonds. The van der Waals surface area contributed by atoms with Gasteiger partial charge in [-0.1, -0.05) is 48.5 Å². The molecule has 1 atom stereocenters. The standard InChI is InChI=1S/C24H25F3N2O6/c25-24(26,27)14-29(11-12-30)22(33)20(9-10-21(31)32)28-23(34)35-13-19-17-7-3-1-5-15(17)16-6-2-4-8-18(16)19/h1-8,19-20,30H,9-14H2,(H,28,34)(H,31,32). The Balaban J connectivity index is 1.71. The number of carbonyl (C=O) groups is 3. The van der Waals surface area contributed by atoms with Gasteiger partial charge in [-0.15, -0.1) is 0 Å². The van der Waals surface area contributed by atoms with Crippen LogP contribution in [0.25, 0.3) is 11.1 Å². The van der Waals surface area contributed by atoms with E-state index in [1.54, 1.807) is 0 Å². The van der Waals surface area contributed by atoms with Crippen LogP contribution >= 0.6 is 0 Å². The van der Waals surface area contributed by atoms with Gasteiger partial charge in [0.05, 0.1) is 6.61 Å². The number of aliphatic hydroxyl groups excluding tert-OH is 1. The van der Waals surface area contributed by atoms with Crippen LogP contribution in [0.3, 0.4) is 0 Å². The van der Waals surface area contributed by atoms with Gasteiger partial charge in [0.15, 0.2) is 0 Å². The molecule has 0 radical (unpaired) electrons. The summed E-state index contributed by atoms with van der Waals surface area (Å²) in [6.45, 7) is -3.11. The summed E-state index contributed by atoms with van der Waals surface area (Å²) in [5.41, 5.74) is 3.88. The molecule has 188 valence electrons. The number of hydrogen-bond acceptors (Lipinski definition) is 5. The number of halogens is 3. The van der Waals surface area contributed by atoms with Gasteiger partial charge in [0.25, 0.3) is 0 Å². The van der Waals surface area contributed by atoms with Crippen molar-refractivity contribution in [2.24, 2.45) is 0 Å². The van der Waals surface area contributed by atoms with Crippen molar-refractivity contribution in [3.63, 3.8) is 0 Å². The second kappa shape index (κ2) is 11.2. The van der Waals surface area contributed by atoms with Crippen molar-refractivity contribution in [1.29, 1.82) is 0 Å². The Morgan fingerprint density at radius 1 is 1.03 bits per heavy atom. The van der Waals surface area contributed by atoms with E-state index >= 15 is 0 Å². The molecule has 0 spiro atoms. The first-order chi connectivity index (χ1) is 16.6. The Bertz CT molecular complexity index is 1030. The number of hydrogen-bond donors (Lipinski definition) is 3. The average Bonchev–Trinajstić information content (AvgIpc) is 3.12. The predicted molar refractivity (Wildman–Crippen MR) is 119 cm³/mol. The summed E-state index contributed by atoms with van der Waals surface area (Å²) >= 11 is 0. The molecule has 2 aromatic carbocycles. The molecule has 1 aliphatic carbocycles. The monoisotopic (exact) mass is 494 g/mol. The van der Waals surface area contributed by atoms with Gasteiger partial charge in [-0.2, -0.15) is 13.2 Å². The number of fused-ring (bicyclic) bond motifs is 3. The predicted octanol–water partition coefficient (Wildman–Crippen LogP) is 3.14. The molecular weight excluding hydrogens is 469 g/mol. The highest BCUT2D eigenvalue weighted by Gasteiger charge is 2.36. The molecule has 3 N–H and O–H groups in total. The number of benzene rings is 2. The van der Waals surface area contributed by atoms with E-state index in [-0.39, 0.29) is 12.5 Å². The van der Waals surface area contributed by atoms with Crippen LogP contribution in [0, 0.1) is 0 Å². The largest absolute Gasteiger partial charge is 0.481 e. The molecular formula is C24H25F3N2O6. The van der Waals surface area contributed by atoms with E-state index < -0.39 is 62.7 Å². The maximum absolute atomic E-state index is 12.9. The quantitative estimate of drug-likeness (QED) is 0.467. The molecule has 11 heteroatoms. The number of carboxylic acid groups (broad SMARTS) is 1. The van der Waals surface area contributed by atoms with E-state index in [1.165, 1.54) is 0 Å². The Kier molecular flexibility index (Phi) is 8.34. The average molecular weight is 494 g/mol. The number of nitrogens with zero attached hydrogens (tertiary/aromatic N) is 1. The minimum atomic E-state index is -4.74. The number of alkyl halides is 3. The van der Waals surface area contributed by atoms with Crippen molar-refractivity contribution in [3.05, 3.63) is 59.7 Å². The lowest BCUT2D eigenvalue weighted by atomic mass is 9.98. The van der Waals surface area contributed by atoms with Gasteiger partial charge in [-0.3, -0.25) is 9.59 Å². The van der Waals surface area contributed by atoms with Gasteiger partial charge in [0, 0.05) is 18.9 Å². The van der Waals surface area contributed by atoms with Gasteiger partial charge in [-0.25, -0.2) is 4.79 Å². The minimum absolute atomic E-state index is 0.0946. The van der Waals surface area contributed by atoms with Crippen molar-refractivity contribution in [3.8, 4) is 11.1 Å². The Morgan fingerprint density at radius 2 is 1.60 bits per heavy atom. The summed E-state index contributed by atoms with van der Waals surface area (Å²) in [6.07, 6.45) is -6.82. The van der Waals surface area contributed by atoms with Gasteiger partial charge < -0.3 is 25.2 Å². The van der Waals surface area contributed by atoms with Crippen molar-refractivity contribution < 1.29 is 42.5 Å². The lowest BCUT2D eigenvalue weighted by Gasteiger charge is -2.28. The summed E-state index contributed by atoms with van der Waals surface area (Å²) in [5.74, 6) is -2.73. The summed E-state index contributed by atoms with van der Waals surface area (Å²) < 4.78 is 44.0. The molecule has 3 rings (SSSR count). The number of aliphatic hydroxyl groups is 1. The van der Waals surface area contributed by atoms with Crippen LogP contribution in [0.15, 0.2) is 48.5 Å². The van der Waals surface area contributed by atoms with E-state index in [9.17, 15) is 27.6 Å². The molecule has 0 bridgehead atoms. The molecule has 1 aliphatic rings. The molecule has 35 heavy (non-hydrogen) atoms. The van der Waals surface area contributed by atoms with Crippen LogP contribution in [-0.2, 0) is 14.3 Å². The topological polar surface area (TPSA) is 116 Å². The molecule has 0 aliphatic heterocycles. The van der Waals surface area contributed by atoms with Crippen LogP contribution < -0.4 is 5.32 Å². The summed E-state index contributed by atoms with van der Waals surface area (Å²) in [5, 5.41) is 20.2. The molecule has 0 saturated heterocycles. The highest BCUT2D eigenvalue weighted by molar-refractivity contribution is 5.86. The fourth-order valence-electron chi connectivity index (χ4n) is 4.13. The molecule has 8 nitrogen and oxygen atoms in total. The molecule has 2 aromatic rings. The smallest absolute Gasteiger partial charge is 0.407 e. The second-order valence-electron chi connectivity index (χ2n) is 8.05. The van der Waals surface area contributed by atoms with Gasteiger partial charge in [-0.05, 0) is 28.7 Å². The van der Waals surface area contributed by atoms with Crippen molar-refractivity contribution in [2.45, 2.75) is 31.0 Å². The number of carboxylic acids is 1. The second-order valence-corrected chi connectivity index (χ2v) is 8.05. The maximum Gasteiger partial charge on any atom is 0.407 e. The third-order valence-corrected chi connectivity index (χ3v) is 5.63. The minimum Gasteiger partial charge on any atom is -0.481 e. The Hall–Kier alpha value is -3.60. The van der Waals surface area contributed by atoms with E-state index in [1.807, 2.05) is 48.5 Å². The lowest BCUT2D eigenvalue weighted by molar-refractivity contribution is -0.163. The highest BCUT2D eigenvalue weighted by Crippen LogP contribution is 2.44. The molecule has 0 aromatic heterocycles. The Labute approximate surface area is 199 Å². The van der Waals surface area contributed by atoms with Crippen LogP contribution in [0.4, 0.5) is 18.0 Å². The number of nitrogens with one attached hydrogen (secondary N) is 1. The number of alkyl carbamates (subject to hydrolysis) is 1.